The van der Waals surface area contributed by atoms with Crippen LogP contribution in [0.2, 0.25) is 0 Å². The lowest BCUT2D eigenvalue weighted by atomic mass is 10.1. The van der Waals surface area contributed by atoms with Crippen molar-refractivity contribution < 1.29 is 4.42 Å². The summed E-state index contributed by atoms with van der Waals surface area (Å²) in [6.07, 6.45) is 0.938. The number of nitrogen functional groups attached to an aromatic ring is 1. The predicted octanol–water partition coefficient (Wildman–Crippen LogP) is 3.64. The molecular formula is C15H14N2O. The molecule has 3 heteroatoms. The zero-order chi connectivity index (χ0) is 12.5. The second kappa shape index (κ2) is 4.18. The summed E-state index contributed by atoms with van der Waals surface area (Å²) in [7, 11) is 0. The van der Waals surface area contributed by atoms with Gasteiger partial charge in [0.1, 0.15) is 5.52 Å². The largest absolute Gasteiger partial charge is 0.434 e. The molecule has 0 spiro atoms. The van der Waals surface area contributed by atoms with E-state index in [0.29, 0.717) is 17.2 Å². The number of anilines is 1. The van der Waals surface area contributed by atoms with E-state index in [-0.39, 0.29) is 0 Å². The number of hydrogen-bond acceptors (Lipinski definition) is 3. The van der Waals surface area contributed by atoms with Gasteiger partial charge in [-0.25, -0.2) is 4.98 Å². The summed E-state index contributed by atoms with van der Waals surface area (Å²) in [6.45, 7) is 2.10. The van der Waals surface area contributed by atoms with Gasteiger partial charge in [-0.2, -0.15) is 0 Å². The molecule has 0 aliphatic carbocycles. The van der Waals surface area contributed by atoms with Crippen molar-refractivity contribution in [1.29, 1.82) is 0 Å². The van der Waals surface area contributed by atoms with Gasteiger partial charge in [0, 0.05) is 5.56 Å². The Hall–Kier alpha value is -2.29. The minimum Gasteiger partial charge on any atom is -0.434 e. The van der Waals surface area contributed by atoms with E-state index in [0.717, 1.165) is 17.5 Å². The van der Waals surface area contributed by atoms with Gasteiger partial charge in [-0.1, -0.05) is 25.1 Å². The van der Waals surface area contributed by atoms with Crippen molar-refractivity contribution >= 4 is 16.8 Å². The van der Waals surface area contributed by atoms with Gasteiger partial charge in [0.15, 0.2) is 5.58 Å². The lowest BCUT2D eigenvalue weighted by molar-refractivity contribution is 0.621. The van der Waals surface area contributed by atoms with Crippen LogP contribution < -0.4 is 5.73 Å². The van der Waals surface area contributed by atoms with Crippen LogP contribution in [-0.2, 0) is 6.42 Å². The van der Waals surface area contributed by atoms with Crippen LogP contribution in [-0.4, -0.2) is 4.98 Å². The average Bonchev–Trinajstić information content (AvgIpc) is 2.84. The van der Waals surface area contributed by atoms with Crippen molar-refractivity contribution in [3.63, 3.8) is 0 Å². The lowest BCUT2D eigenvalue weighted by Crippen LogP contribution is -1.88. The minimum absolute atomic E-state index is 0.616. The Morgan fingerprint density at radius 1 is 1.17 bits per heavy atom. The molecule has 3 aromatic rings. The predicted molar refractivity (Wildman–Crippen MR) is 73.2 cm³/mol. The number of hydrogen-bond donors (Lipinski definition) is 1. The van der Waals surface area contributed by atoms with E-state index in [4.69, 9.17) is 10.2 Å². The fraction of sp³-hybridized carbons (Fsp3) is 0.133. The Morgan fingerprint density at radius 2 is 1.94 bits per heavy atom. The monoisotopic (exact) mass is 238 g/mol. The fourth-order valence-corrected chi connectivity index (χ4v) is 2.03. The van der Waals surface area contributed by atoms with Crippen LogP contribution in [0.15, 0.2) is 46.9 Å². The summed E-state index contributed by atoms with van der Waals surface area (Å²) >= 11 is 0. The molecule has 3 rings (SSSR count). The van der Waals surface area contributed by atoms with Gasteiger partial charge in [0.05, 0.1) is 5.69 Å². The summed E-state index contributed by atoms with van der Waals surface area (Å²) in [6, 6.07) is 13.8. The first-order chi connectivity index (χ1) is 8.78. The SMILES string of the molecule is CCc1cc(N)c2oc(-c3ccccc3)nc2c1. The summed E-state index contributed by atoms with van der Waals surface area (Å²) in [5, 5.41) is 0. The maximum Gasteiger partial charge on any atom is 0.227 e. The third kappa shape index (κ3) is 1.74. The smallest absolute Gasteiger partial charge is 0.227 e. The highest BCUT2D eigenvalue weighted by Gasteiger charge is 2.11. The van der Waals surface area contributed by atoms with Gasteiger partial charge >= 0.3 is 0 Å². The Kier molecular flexibility index (Phi) is 2.52. The lowest BCUT2D eigenvalue weighted by Gasteiger charge is -1.98. The van der Waals surface area contributed by atoms with Crippen molar-refractivity contribution in [1.82, 2.24) is 4.98 Å². The van der Waals surface area contributed by atoms with E-state index in [2.05, 4.69) is 11.9 Å². The molecule has 0 aliphatic heterocycles. The topological polar surface area (TPSA) is 52.0 Å². The average molecular weight is 238 g/mol. The fourth-order valence-electron chi connectivity index (χ4n) is 2.03. The van der Waals surface area contributed by atoms with E-state index in [1.54, 1.807) is 0 Å². The number of oxazole rings is 1. The molecule has 18 heavy (non-hydrogen) atoms. The van der Waals surface area contributed by atoms with E-state index in [9.17, 15) is 0 Å². The van der Waals surface area contributed by atoms with Crippen molar-refractivity contribution in [3.05, 3.63) is 48.0 Å². The number of aromatic nitrogens is 1. The number of fused-ring (bicyclic) bond motifs is 1. The molecule has 0 saturated heterocycles. The van der Waals surface area contributed by atoms with Crippen molar-refractivity contribution in [2.45, 2.75) is 13.3 Å². The van der Waals surface area contributed by atoms with Crippen molar-refractivity contribution in [2.75, 3.05) is 5.73 Å². The Labute approximate surface area is 105 Å². The van der Waals surface area contributed by atoms with Gasteiger partial charge < -0.3 is 10.2 Å². The van der Waals surface area contributed by atoms with Gasteiger partial charge in [0.25, 0.3) is 0 Å². The normalized spacial score (nSPS) is 10.9. The third-order valence-electron chi connectivity index (χ3n) is 3.01. The molecule has 0 radical (unpaired) electrons. The molecule has 0 amide bonds. The number of benzene rings is 2. The first kappa shape index (κ1) is 10.8. The molecule has 1 aromatic heterocycles. The highest BCUT2D eigenvalue weighted by molar-refractivity contribution is 5.87. The summed E-state index contributed by atoms with van der Waals surface area (Å²) in [5.74, 6) is 0.616. The van der Waals surface area contributed by atoms with Crippen LogP contribution >= 0.6 is 0 Å². The number of aryl methyl sites for hydroxylation is 1. The van der Waals surface area contributed by atoms with E-state index in [1.165, 1.54) is 5.56 Å². The Balaban J connectivity index is 2.20. The second-order valence-electron chi connectivity index (χ2n) is 4.27. The van der Waals surface area contributed by atoms with E-state index < -0.39 is 0 Å². The molecule has 0 atom stereocenters. The van der Waals surface area contributed by atoms with Crippen LogP contribution in [0.4, 0.5) is 5.69 Å². The quantitative estimate of drug-likeness (QED) is 0.693. The first-order valence-electron chi connectivity index (χ1n) is 6.02. The molecule has 0 aliphatic rings. The minimum atomic E-state index is 0.616. The number of rotatable bonds is 2. The van der Waals surface area contributed by atoms with Crippen LogP contribution in [0, 0.1) is 0 Å². The Bertz CT molecular complexity index is 686. The van der Waals surface area contributed by atoms with Gasteiger partial charge in [0.2, 0.25) is 5.89 Å². The summed E-state index contributed by atoms with van der Waals surface area (Å²) in [4.78, 5) is 4.51. The maximum absolute atomic E-state index is 5.99. The number of nitrogens with zero attached hydrogens (tertiary/aromatic N) is 1. The standard InChI is InChI=1S/C15H14N2O/c1-2-10-8-12(16)14-13(9-10)17-15(18-14)11-6-4-3-5-7-11/h3-9H,2,16H2,1H3. The van der Waals surface area contributed by atoms with Gasteiger partial charge in [-0.15, -0.1) is 0 Å². The molecule has 90 valence electrons. The molecule has 2 aromatic carbocycles. The second-order valence-corrected chi connectivity index (χ2v) is 4.27. The molecular weight excluding hydrogens is 224 g/mol. The highest BCUT2D eigenvalue weighted by atomic mass is 16.3. The molecule has 2 N–H and O–H groups in total. The van der Waals surface area contributed by atoms with Crippen molar-refractivity contribution in [3.8, 4) is 11.5 Å². The maximum atomic E-state index is 5.99. The molecule has 1 heterocycles. The van der Waals surface area contributed by atoms with E-state index in [1.807, 2.05) is 42.5 Å². The van der Waals surface area contributed by atoms with Crippen LogP contribution in [0.1, 0.15) is 12.5 Å². The van der Waals surface area contributed by atoms with Crippen LogP contribution in [0.3, 0.4) is 0 Å². The van der Waals surface area contributed by atoms with Crippen LogP contribution in [0.25, 0.3) is 22.6 Å². The van der Waals surface area contributed by atoms with Crippen LogP contribution in [0.5, 0.6) is 0 Å². The molecule has 3 nitrogen and oxygen atoms in total. The highest BCUT2D eigenvalue weighted by Crippen LogP contribution is 2.29. The molecule has 0 bridgehead atoms. The molecule has 0 fully saturated rings. The van der Waals surface area contributed by atoms with E-state index >= 15 is 0 Å². The summed E-state index contributed by atoms with van der Waals surface area (Å²) in [5.41, 5.74) is 10.3. The first-order valence-corrected chi connectivity index (χ1v) is 6.02. The van der Waals surface area contributed by atoms with Gasteiger partial charge in [-0.05, 0) is 36.2 Å². The number of nitrogens with two attached hydrogens (primary N) is 1. The Morgan fingerprint density at radius 3 is 2.67 bits per heavy atom. The molecule has 0 unspecified atom stereocenters. The summed E-state index contributed by atoms with van der Waals surface area (Å²) < 4.78 is 5.75. The zero-order valence-electron chi connectivity index (χ0n) is 10.2. The third-order valence-corrected chi connectivity index (χ3v) is 3.01. The zero-order valence-corrected chi connectivity index (χ0v) is 10.2. The molecule has 0 saturated carbocycles. The van der Waals surface area contributed by atoms with Crippen molar-refractivity contribution in [2.24, 2.45) is 0 Å². The van der Waals surface area contributed by atoms with Gasteiger partial charge in [-0.3, -0.25) is 0 Å².